The molecule has 1 aromatic heterocycles. The maximum Gasteiger partial charge on any atom is 0.227 e. The summed E-state index contributed by atoms with van der Waals surface area (Å²) in [5.41, 5.74) is 6.92. The van der Waals surface area contributed by atoms with Crippen molar-refractivity contribution in [3.8, 4) is 11.6 Å². The number of hydrogen-bond donors (Lipinski definition) is 2. The lowest BCUT2D eigenvalue weighted by molar-refractivity contribution is 0.131. The minimum Gasteiger partial charge on any atom is -0.473 e. The average molecular weight is 449 g/mol. The standard InChI is InChI=1S/C22H26ClFN4O3/c1-3-5-18(23)20(25)30-16-8-9-28(11-16)21-17(4-2)22(27-13-26-21)31-15-6-7-19(24)14(10-15)12-29/h3,5-7,10,13,16,29H,4,8-9,11-12,25H2,1-2H3/b5-3-,20-18-/t16-/m0/s1. The highest BCUT2D eigenvalue weighted by Crippen LogP contribution is 2.32. The van der Waals surface area contributed by atoms with Gasteiger partial charge in [0.05, 0.1) is 23.7 Å². The number of halogens is 2. The molecule has 7 nitrogen and oxygen atoms in total. The predicted molar refractivity (Wildman–Crippen MR) is 117 cm³/mol. The number of aromatic nitrogens is 2. The van der Waals surface area contributed by atoms with Crippen molar-refractivity contribution in [3.63, 3.8) is 0 Å². The van der Waals surface area contributed by atoms with Gasteiger partial charge in [-0.3, -0.25) is 0 Å². The quantitative estimate of drug-likeness (QED) is 0.465. The molecule has 3 N–H and O–H groups in total. The lowest BCUT2D eigenvalue weighted by Crippen LogP contribution is -2.26. The van der Waals surface area contributed by atoms with Crippen LogP contribution >= 0.6 is 11.6 Å². The Morgan fingerprint density at radius 3 is 2.94 bits per heavy atom. The Balaban J connectivity index is 1.78. The number of aliphatic hydroxyl groups is 1. The normalized spacial score (nSPS) is 17.2. The SMILES string of the molecule is C/C=C\C(Cl)=C(/N)O[C@H]1CCN(c2ncnc(Oc3ccc(F)c(CO)c3)c2CC)C1. The second-order valence-corrected chi connectivity index (χ2v) is 7.44. The van der Waals surface area contributed by atoms with E-state index in [1.54, 1.807) is 12.2 Å². The van der Waals surface area contributed by atoms with E-state index in [4.69, 9.17) is 26.8 Å². The van der Waals surface area contributed by atoms with Gasteiger partial charge >= 0.3 is 0 Å². The number of aliphatic hydroxyl groups excluding tert-OH is 1. The second kappa shape index (κ2) is 10.5. The predicted octanol–water partition coefficient (Wildman–Crippen LogP) is 4.00. The van der Waals surface area contributed by atoms with Gasteiger partial charge in [-0.25, -0.2) is 14.4 Å². The zero-order valence-corrected chi connectivity index (χ0v) is 18.3. The summed E-state index contributed by atoms with van der Waals surface area (Å²) in [5, 5.41) is 9.65. The van der Waals surface area contributed by atoms with Gasteiger partial charge in [-0.05, 0) is 37.6 Å². The summed E-state index contributed by atoms with van der Waals surface area (Å²) in [6.45, 7) is 4.75. The highest BCUT2D eigenvalue weighted by Gasteiger charge is 2.28. The molecule has 31 heavy (non-hydrogen) atoms. The number of allylic oxidation sites excluding steroid dienone is 3. The van der Waals surface area contributed by atoms with E-state index in [0.717, 1.165) is 24.3 Å². The molecule has 0 saturated carbocycles. The van der Waals surface area contributed by atoms with Crippen molar-refractivity contribution in [3.05, 3.63) is 64.5 Å². The molecule has 9 heteroatoms. The molecule has 1 atom stereocenters. The van der Waals surface area contributed by atoms with Crippen molar-refractivity contribution in [2.24, 2.45) is 5.73 Å². The van der Waals surface area contributed by atoms with Crippen molar-refractivity contribution in [2.75, 3.05) is 18.0 Å². The number of benzene rings is 1. The van der Waals surface area contributed by atoms with E-state index in [-0.39, 0.29) is 17.6 Å². The van der Waals surface area contributed by atoms with Crippen LogP contribution in [0.5, 0.6) is 11.6 Å². The molecule has 166 valence electrons. The van der Waals surface area contributed by atoms with E-state index in [1.807, 2.05) is 13.8 Å². The van der Waals surface area contributed by atoms with Gasteiger partial charge < -0.3 is 25.2 Å². The summed E-state index contributed by atoms with van der Waals surface area (Å²) < 4.78 is 25.4. The molecule has 1 fully saturated rings. The maximum absolute atomic E-state index is 13.7. The lowest BCUT2D eigenvalue weighted by atomic mass is 10.2. The Hall–Kier alpha value is -2.84. The Labute approximate surface area is 186 Å². The minimum atomic E-state index is -0.486. The Kier molecular flexibility index (Phi) is 7.70. The van der Waals surface area contributed by atoms with Crippen molar-refractivity contribution in [2.45, 2.75) is 39.4 Å². The van der Waals surface area contributed by atoms with E-state index in [0.29, 0.717) is 29.6 Å². The average Bonchev–Trinajstić information content (AvgIpc) is 3.23. The van der Waals surface area contributed by atoms with Crippen LogP contribution < -0.4 is 15.4 Å². The first kappa shape index (κ1) is 22.8. The van der Waals surface area contributed by atoms with Crippen LogP contribution in [-0.2, 0) is 17.8 Å². The van der Waals surface area contributed by atoms with E-state index < -0.39 is 12.4 Å². The van der Waals surface area contributed by atoms with Crippen molar-refractivity contribution >= 4 is 17.4 Å². The lowest BCUT2D eigenvalue weighted by Gasteiger charge is -2.22. The first-order valence-electron chi connectivity index (χ1n) is 10.1. The molecule has 0 spiro atoms. The van der Waals surface area contributed by atoms with Gasteiger partial charge in [-0.2, -0.15) is 0 Å². The van der Waals surface area contributed by atoms with E-state index >= 15 is 0 Å². The first-order valence-corrected chi connectivity index (χ1v) is 10.4. The Morgan fingerprint density at radius 1 is 1.42 bits per heavy atom. The molecular formula is C22H26ClFN4O3. The fraction of sp³-hybridized carbons (Fsp3) is 0.364. The molecule has 0 radical (unpaired) electrons. The number of rotatable bonds is 8. The van der Waals surface area contributed by atoms with Gasteiger partial charge in [-0.1, -0.05) is 24.6 Å². The van der Waals surface area contributed by atoms with Crippen LogP contribution in [0.1, 0.15) is 31.4 Å². The smallest absolute Gasteiger partial charge is 0.227 e. The maximum atomic E-state index is 13.7. The zero-order chi connectivity index (χ0) is 22.4. The van der Waals surface area contributed by atoms with E-state index in [1.165, 1.54) is 24.5 Å². The Morgan fingerprint density at radius 2 is 2.23 bits per heavy atom. The number of anilines is 1. The van der Waals surface area contributed by atoms with Crippen LogP contribution in [0.15, 0.2) is 47.6 Å². The molecule has 0 amide bonds. The summed E-state index contributed by atoms with van der Waals surface area (Å²) in [7, 11) is 0. The van der Waals surface area contributed by atoms with E-state index in [9.17, 15) is 9.50 Å². The summed E-state index contributed by atoms with van der Waals surface area (Å²) in [5.74, 6) is 1.25. The molecule has 0 bridgehead atoms. The topological polar surface area (TPSA) is 93.7 Å². The molecule has 1 saturated heterocycles. The number of nitrogens with zero attached hydrogens (tertiary/aromatic N) is 3. The van der Waals surface area contributed by atoms with Gasteiger partial charge in [0.25, 0.3) is 0 Å². The van der Waals surface area contributed by atoms with Crippen molar-refractivity contribution < 1.29 is 19.0 Å². The molecule has 1 aliphatic rings. The van der Waals surface area contributed by atoms with Gasteiger partial charge in [0.1, 0.15) is 29.8 Å². The third kappa shape index (κ3) is 5.45. The molecule has 2 aromatic rings. The fourth-order valence-electron chi connectivity index (χ4n) is 3.39. The van der Waals surface area contributed by atoms with Gasteiger partial charge in [0.15, 0.2) is 0 Å². The number of ether oxygens (including phenoxy) is 2. The van der Waals surface area contributed by atoms with Crippen LogP contribution in [0.4, 0.5) is 10.2 Å². The largest absolute Gasteiger partial charge is 0.473 e. The summed E-state index contributed by atoms with van der Waals surface area (Å²) in [6, 6.07) is 4.22. The van der Waals surface area contributed by atoms with Crippen LogP contribution in [-0.4, -0.2) is 34.3 Å². The molecule has 1 aliphatic heterocycles. The molecule has 2 heterocycles. The molecule has 1 aromatic carbocycles. The van der Waals surface area contributed by atoms with Crippen molar-refractivity contribution in [1.29, 1.82) is 0 Å². The molecular weight excluding hydrogens is 423 g/mol. The monoisotopic (exact) mass is 448 g/mol. The molecule has 3 rings (SSSR count). The number of nitrogens with two attached hydrogens (primary N) is 1. The van der Waals surface area contributed by atoms with Crippen LogP contribution in [0.2, 0.25) is 0 Å². The third-order valence-corrected chi connectivity index (χ3v) is 5.24. The Bertz CT molecular complexity index is 983. The second-order valence-electron chi connectivity index (χ2n) is 7.03. The third-order valence-electron chi connectivity index (χ3n) is 4.93. The fourth-order valence-corrected chi connectivity index (χ4v) is 3.56. The van der Waals surface area contributed by atoms with Crippen LogP contribution in [0.25, 0.3) is 0 Å². The zero-order valence-electron chi connectivity index (χ0n) is 17.5. The number of hydrogen-bond acceptors (Lipinski definition) is 7. The van der Waals surface area contributed by atoms with E-state index in [2.05, 4.69) is 14.9 Å². The molecule has 0 aliphatic carbocycles. The highest BCUT2D eigenvalue weighted by atomic mass is 35.5. The van der Waals surface area contributed by atoms with Crippen LogP contribution in [0.3, 0.4) is 0 Å². The minimum absolute atomic E-state index is 0.118. The summed E-state index contributed by atoms with van der Waals surface area (Å²) in [4.78, 5) is 10.8. The van der Waals surface area contributed by atoms with Gasteiger partial charge in [0.2, 0.25) is 11.8 Å². The van der Waals surface area contributed by atoms with Crippen LogP contribution in [0, 0.1) is 5.82 Å². The van der Waals surface area contributed by atoms with Gasteiger partial charge in [-0.15, -0.1) is 0 Å². The summed E-state index contributed by atoms with van der Waals surface area (Å²) >= 11 is 6.09. The highest BCUT2D eigenvalue weighted by molar-refractivity contribution is 6.31. The van der Waals surface area contributed by atoms with Crippen molar-refractivity contribution in [1.82, 2.24) is 9.97 Å². The summed E-state index contributed by atoms with van der Waals surface area (Å²) in [6.07, 6.45) is 6.20. The van der Waals surface area contributed by atoms with Gasteiger partial charge in [0, 0.05) is 18.5 Å². The first-order chi connectivity index (χ1) is 15.0. The molecule has 0 unspecified atom stereocenters.